The Morgan fingerprint density at radius 1 is 1.00 bits per heavy atom. The van der Waals surface area contributed by atoms with Gasteiger partial charge in [0.1, 0.15) is 0 Å². The summed E-state index contributed by atoms with van der Waals surface area (Å²) in [4.78, 5) is 0. The predicted molar refractivity (Wildman–Crippen MR) is 34.5 cm³/mol. The van der Waals surface area contributed by atoms with E-state index in [1.54, 1.807) is 6.92 Å². The molecule has 0 aliphatic carbocycles. The molecule has 0 atom stereocenters. The van der Waals surface area contributed by atoms with Crippen LogP contribution in [-0.4, -0.2) is 33.6 Å². The van der Waals surface area contributed by atoms with E-state index in [4.69, 9.17) is 5.11 Å². The normalized spacial score (nSPS) is 2.25. The second-order valence-corrected chi connectivity index (χ2v) is 0.316. The van der Waals surface area contributed by atoms with Gasteiger partial charge >= 0.3 is 0 Å². The van der Waals surface area contributed by atoms with Crippen molar-refractivity contribution >= 4 is 12.4 Å². The molecule has 0 spiro atoms. The zero-order chi connectivity index (χ0) is 2.71. The lowest BCUT2D eigenvalue weighted by Crippen LogP contribution is -1.57. The van der Waals surface area contributed by atoms with Crippen LogP contribution >= 0.6 is 12.4 Å². The molecule has 0 heterocycles. The minimum atomic E-state index is 0. The Morgan fingerprint density at radius 3 is 1.00 bits per heavy atom. The largest absolute Gasteiger partial charge is 0.412 e. The first-order valence-corrected chi connectivity index (χ1v) is 1.02. The van der Waals surface area contributed by atoms with Gasteiger partial charge in [0, 0.05) is 6.61 Å². The summed E-state index contributed by atoms with van der Waals surface area (Å²) < 4.78 is 0. The van der Waals surface area contributed by atoms with E-state index >= 15 is 0 Å². The Balaban J connectivity index is -0.00000000200. The highest BCUT2D eigenvalue weighted by atomic mass is 35.5. The number of aliphatic hydroxyl groups excluding tert-OH is 1. The van der Waals surface area contributed by atoms with Gasteiger partial charge in [-0.05, 0) is 6.92 Å². The molecule has 60 valence electrons. The summed E-state index contributed by atoms with van der Waals surface area (Å²) in [5.41, 5.74) is 0. The van der Waals surface area contributed by atoms with Gasteiger partial charge in [-0.3, -0.25) is 0 Å². The van der Waals surface area contributed by atoms with Crippen molar-refractivity contribution in [2.45, 2.75) is 6.92 Å². The lowest BCUT2D eigenvalue weighted by molar-refractivity contribution is 0.318. The summed E-state index contributed by atoms with van der Waals surface area (Å²) in [6, 6.07) is 0. The van der Waals surface area contributed by atoms with E-state index in [0.29, 0.717) is 0 Å². The van der Waals surface area contributed by atoms with Crippen LogP contribution in [-0.2, 0) is 0 Å². The van der Waals surface area contributed by atoms with E-state index in [1.807, 2.05) is 0 Å². The molecule has 0 aliphatic heterocycles. The second kappa shape index (κ2) is 221. The first-order valence-electron chi connectivity index (χ1n) is 1.02. The van der Waals surface area contributed by atoms with Gasteiger partial charge in [0.2, 0.25) is 0 Å². The fourth-order valence-corrected chi connectivity index (χ4v) is 0. The summed E-state index contributed by atoms with van der Waals surface area (Å²) >= 11 is 0. The molecular weight excluding hydrogens is 139 g/mol. The molecule has 0 bridgehead atoms. The van der Waals surface area contributed by atoms with E-state index < -0.39 is 0 Å². The minimum absolute atomic E-state index is 0. The highest BCUT2D eigenvalue weighted by Gasteiger charge is 1.34. The van der Waals surface area contributed by atoms with Gasteiger partial charge in [-0.2, -0.15) is 0 Å². The Kier molecular flexibility index (Phi) is 2580. The summed E-state index contributed by atoms with van der Waals surface area (Å²) in [5, 5.41) is 7.57. The zero-order valence-corrected chi connectivity index (χ0v) is 5.38. The van der Waals surface area contributed by atoms with Crippen molar-refractivity contribution in [2.24, 2.45) is 0 Å². The number of aliphatic hydroxyl groups is 1. The molecule has 0 saturated heterocycles. The smallest absolute Gasteiger partial charge is 0.0402 e. The molecule has 5 nitrogen and oxygen atoms in total. The predicted octanol–water partition coefficient (Wildman–Crippen LogP) is -2.88. The Morgan fingerprint density at radius 2 is 1.00 bits per heavy atom. The monoisotopic (exact) mass is 154 g/mol. The first kappa shape index (κ1) is 93.1. The molecule has 0 aromatic heterocycles. The van der Waals surface area contributed by atoms with Gasteiger partial charge in [0.25, 0.3) is 0 Å². The van der Waals surface area contributed by atoms with Gasteiger partial charge in [0.05, 0.1) is 0 Å². The Bertz CT molecular complexity index is 10.4. The molecule has 0 amide bonds. The lowest BCUT2D eigenvalue weighted by Gasteiger charge is -1.52. The van der Waals surface area contributed by atoms with E-state index in [1.165, 1.54) is 0 Å². The van der Waals surface area contributed by atoms with Gasteiger partial charge in [-0.15, -0.1) is 12.4 Å². The molecule has 0 aromatic carbocycles. The summed E-state index contributed by atoms with van der Waals surface area (Å²) in [7, 11) is 0. The van der Waals surface area contributed by atoms with E-state index in [2.05, 4.69) is 0 Å². The maximum Gasteiger partial charge on any atom is 0.0402 e. The standard InChI is InChI=1S/C2H6O.ClH.4H2O/c1-2-3;;;;;/h3H,2H2,1H3;1H;4*1H2. The van der Waals surface area contributed by atoms with Crippen LogP contribution in [0.25, 0.3) is 0 Å². The third-order valence-corrected chi connectivity index (χ3v) is 0. The maximum atomic E-state index is 7.57. The van der Waals surface area contributed by atoms with Gasteiger partial charge in [0.15, 0.2) is 0 Å². The topological polar surface area (TPSA) is 146 Å². The molecule has 0 rings (SSSR count). The number of hydrogen-bond acceptors (Lipinski definition) is 1. The van der Waals surface area contributed by atoms with Gasteiger partial charge in [-0.1, -0.05) is 0 Å². The highest BCUT2D eigenvalue weighted by molar-refractivity contribution is 5.85. The van der Waals surface area contributed by atoms with Crippen molar-refractivity contribution in [1.82, 2.24) is 0 Å². The third kappa shape index (κ3) is 19500. The molecule has 0 aromatic rings. The first-order chi connectivity index (χ1) is 1.41. The molecule has 0 fully saturated rings. The van der Waals surface area contributed by atoms with Crippen LogP contribution in [0.15, 0.2) is 0 Å². The molecular formula is C2H15ClO5. The van der Waals surface area contributed by atoms with Crippen LogP contribution in [0.2, 0.25) is 0 Å². The average molecular weight is 155 g/mol. The second-order valence-electron chi connectivity index (χ2n) is 0.316. The van der Waals surface area contributed by atoms with Crippen LogP contribution in [0.5, 0.6) is 0 Å². The summed E-state index contributed by atoms with van der Waals surface area (Å²) in [6.45, 7) is 1.93. The highest BCUT2D eigenvalue weighted by Crippen LogP contribution is 1.30. The molecule has 9 N–H and O–H groups in total. The quantitative estimate of drug-likeness (QED) is 0.392. The van der Waals surface area contributed by atoms with Crippen LogP contribution < -0.4 is 0 Å². The third-order valence-electron chi connectivity index (χ3n) is 0. The lowest BCUT2D eigenvalue weighted by atomic mass is 10.9. The van der Waals surface area contributed by atoms with Crippen LogP contribution in [0.1, 0.15) is 6.92 Å². The Labute approximate surface area is 54.0 Å². The summed E-state index contributed by atoms with van der Waals surface area (Å²) in [6.07, 6.45) is 0. The molecule has 6 heteroatoms. The van der Waals surface area contributed by atoms with Crippen molar-refractivity contribution in [2.75, 3.05) is 6.61 Å². The van der Waals surface area contributed by atoms with Crippen molar-refractivity contribution in [1.29, 1.82) is 0 Å². The molecule has 0 aliphatic rings. The SMILES string of the molecule is CCO.Cl.O.O.O.O. The van der Waals surface area contributed by atoms with E-state index in [0.717, 1.165) is 0 Å². The summed E-state index contributed by atoms with van der Waals surface area (Å²) in [5.74, 6) is 0. The van der Waals surface area contributed by atoms with Crippen molar-refractivity contribution < 1.29 is 27.0 Å². The van der Waals surface area contributed by atoms with Crippen molar-refractivity contribution in [3.63, 3.8) is 0 Å². The fourth-order valence-electron chi connectivity index (χ4n) is 0. The van der Waals surface area contributed by atoms with Crippen molar-refractivity contribution in [3.8, 4) is 0 Å². The average Bonchev–Trinajstić information content (AvgIpc) is 0.918. The van der Waals surface area contributed by atoms with Crippen molar-refractivity contribution in [3.05, 3.63) is 0 Å². The van der Waals surface area contributed by atoms with Gasteiger partial charge in [-0.25, -0.2) is 0 Å². The maximum absolute atomic E-state index is 7.57. The van der Waals surface area contributed by atoms with E-state index in [9.17, 15) is 0 Å². The number of halogens is 1. The Hall–Kier alpha value is 0.0900. The molecule has 0 saturated carbocycles. The van der Waals surface area contributed by atoms with Gasteiger partial charge < -0.3 is 27.0 Å². The molecule has 8 heavy (non-hydrogen) atoms. The fraction of sp³-hybridized carbons (Fsp3) is 1.00. The zero-order valence-electron chi connectivity index (χ0n) is 4.56. The van der Waals surface area contributed by atoms with Crippen LogP contribution in [0, 0.1) is 0 Å². The van der Waals surface area contributed by atoms with Crippen LogP contribution in [0.3, 0.4) is 0 Å². The molecule has 0 unspecified atom stereocenters. The van der Waals surface area contributed by atoms with Crippen LogP contribution in [0.4, 0.5) is 0 Å². The minimum Gasteiger partial charge on any atom is -0.412 e. The number of hydrogen-bond donors (Lipinski definition) is 1. The number of rotatable bonds is 0. The molecule has 0 radical (unpaired) electrons. The van der Waals surface area contributed by atoms with E-state index in [-0.39, 0.29) is 40.9 Å².